The van der Waals surface area contributed by atoms with Crippen LogP contribution in [0.15, 0.2) is 24.3 Å². The van der Waals surface area contributed by atoms with Gasteiger partial charge in [0.25, 0.3) is 0 Å². The SMILES string of the molecule is Cc1ccc(NC(=O)CN(C)C(=O)CN2CCOCC2)cc1. The first-order valence-electron chi connectivity index (χ1n) is 7.45. The van der Waals surface area contributed by atoms with Crippen molar-refractivity contribution in [1.82, 2.24) is 9.80 Å². The van der Waals surface area contributed by atoms with Crippen LogP contribution in [0.3, 0.4) is 0 Å². The molecule has 1 aliphatic rings. The summed E-state index contributed by atoms with van der Waals surface area (Å²) in [4.78, 5) is 27.6. The number of anilines is 1. The fraction of sp³-hybridized carbons (Fsp3) is 0.500. The normalized spacial score (nSPS) is 15.4. The molecule has 1 aromatic rings. The van der Waals surface area contributed by atoms with Crippen molar-refractivity contribution in [1.29, 1.82) is 0 Å². The average molecular weight is 305 g/mol. The van der Waals surface area contributed by atoms with Crippen molar-refractivity contribution < 1.29 is 14.3 Å². The van der Waals surface area contributed by atoms with Gasteiger partial charge < -0.3 is 15.0 Å². The molecule has 1 N–H and O–H groups in total. The molecule has 0 atom stereocenters. The molecule has 1 fully saturated rings. The van der Waals surface area contributed by atoms with E-state index < -0.39 is 0 Å². The second-order valence-electron chi connectivity index (χ2n) is 5.55. The summed E-state index contributed by atoms with van der Waals surface area (Å²) < 4.78 is 5.25. The van der Waals surface area contributed by atoms with Crippen LogP contribution in [0.4, 0.5) is 5.69 Å². The van der Waals surface area contributed by atoms with Crippen molar-refractivity contribution in [2.75, 3.05) is 51.8 Å². The van der Waals surface area contributed by atoms with Crippen LogP contribution < -0.4 is 5.32 Å². The molecule has 6 heteroatoms. The minimum absolute atomic E-state index is 0.0526. The molecule has 1 heterocycles. The van der Waals surface area contributed by atoms with Gasteiger partial charge in [0, 0.05) is 25.8 Å². The first-order valence-corrected chi connectivity index (χ1v) is 7.45. The van der Waals surface area contributed by atoms with E-state index in [0.717, 1.165) is 24.3 Å². The maximum atomic E-state index is 12.1. The summed E-state index contributed by atoms with van der Waals surface area (Å²) in [5, 5.41) is 2.79. The summed E-state index contributed by atoms with van der Waals surface area (Å²) in [6, 6.07) is 7.57. The zero-order chi connectivity index (χ0) is 15.9. The Kier molecular flexibility index (Phi) is 5.91. The maximum Gasteiger partial charge on any atom is 0.243 e. The third-order valence-corrected chi connectivity index (χ3v) is 3.60. The van der Waals surface area contributed by atoms with Gasteiger partial charge in [-0.2, -0.15) is 0 Å². The molecule has 2 amide bonds. The molecule has 0 radical (unpaired) electrons. The Hall–Kier alpha value is -1.92. The first-order chi connectivity index (χ1) is 10.5. The number of rotatable bonds is 5. The van der Waals surface area contributed by atoms with Crippen molar-refractivity contribution in [2.45, 2.75) is 6.92 Å². The van der Waals surface area contributed by atoms with E-state index in [1.165, 1.54) is 4.90 Å². The van der Waals surface area contributed by atoms with Crippen LogP contribution >= 0.6 is 0 Å². The molecule has 0 bridgehead atoms. The average Bonchev–Trinajstić information content (AvgIpc) is 2.50. The van der Waals surface area contributed by atoms with Gasteiger partial charge in [-0.1, -0.05) is 17.7 Å². The minimum atomic E-state index is -0.193. The molecule has 0 aliphatic carbocycles. The minimum Gasteiger partial charge on any atom is -0.379 e. The first kappa shape index (κ1) is 16.5. The fourth-order valence-corrected chi connectivity index (χ4v) is 2.21. The third kappa shape index (κ3) is 5.13. The highest BCUT2D eigenvalue weighted by molar-refractivity contribution is 5.94. The van der Waals surface area contributed by atoms with Gasteiger partial charge in [0.1, 0.15) is 0 Å². The number of morpholine rings is 1. The quantitative estimate of drug-likeness (QED) is 0.871. The molecule has 1 aromatic carbocycles. The molecule has 1 aliphatic heterocycles. The van der Waals surface area contributed by atoms with E-state index >= 15 is 0 Å². The number of aryl methyl sites for hydroxylation is 1. The highest BCUT2D eigenvalue weighted by atomic mass is 16.5. The van der Waals surface area contributed by atoms with E-state index in [2.05, 4.69) is 5.32 Å². The summed E-state index contributed by atoms with van der Waals surface area (Å²) in [5.74, 6) is -0.248. The number of carbonyl (C=O) groups is 2. The van der Waals surface area contributed by atoms with Gasteiger partial charge in [-0.25, -0.2) is 0 Å². The predicted octanol–water partition coefficient (Wildman–Crippen LogP) is 0.724. The molecule has 2 rings (SSSR count). The lowest BCUT2D eigenvalue weighted by atomic mass is 10.2. The largest absolute Gasteiger partial charge is 0.379 e. The Balaban J connectivity index is 1.77. The molecule has 0 unspecified atom stereocenters. The van der Waals surface area contributed by atoms with Gasteiger partial charge in [0.05, 0.1) is 26.3 Å². The van der Waals surface area contributed by atoms with Gasteiger partial charge in [0.2, 0.25) is 11.8 Å². The Morgan fingerprint density at radius 1 is 1.23 bits per heavy atom. The van der Waals surface area contributed by atoms with E-state index in [0.29, 0.717) is 19.8 Å². The Morgan fingerprint density at radius 2 is 1.86 bits per heavy atom. The molecule has 0 aromatic heterocycles. The molecule has 0 saturated carbocycles. The second-order valence-corrected chi connectivity index (χ2v) is 5.55. The fourth-order valence-electron chi connectivity index (χ4n) is 2.21. The number of hydrogen-bond acceptors (Lipinski definition) is 4. The van der Waals surface area contributed by atoms with E-state index in [9.17, 15) is 9.59 Å². The van der Waals surface area contributed by atoms with Crippen LogP contribution in [0.5, 0.6) is 0 Å². The van der Waals surface area contributed by atoms with Crippen LogP contribution in [-0.2, 0) is 14.3 Å². The summed E-state index contributed by atoms with van der Waals surface area (Å²) in [7, 11) is 1.65. The number of nitrogens with one attached hydrogen (secondary N) is 1. The van der Waals surface area contributed by atoms with E-state index in [1.54, 1.807) is 7.05 Å². The van der Waals surface area contributed by atoms with Gasteiger partial charge >= 0.3 is 0 Å². The summed E-state index contributed by atoms with van der Waals surface area (Å²) in [6.45, 7) is 5.21. The lowest BCUT2D eigenvalue weighted by Gasteiger charge is -2.27. The maximum absolute atomic E-state index is 12.1. The summed E-state index contributed by atoms with van der Waals surface area (Å²) in [5.41, 5.74) is 1.88. The summed E-state index contributed by atoms with van der Waals surface area (Å²) in [6.07, 6.45) is 0. The third-order valence-electron chi connectivity index (χ3n) is 3.60. The monoisotopic (exact) mass is 305 g/mol. The molecule has 1 saturated heterocycles. The zero-order valence-corrected chi connectivity index (χ0v) is 13.2. The Bertz CT molecular complexity index is 510. The van der Waals surface area contributed by atoms with Crippen LogP contribution in [0.1, 0.15) is 5.56 Å². The zero-order valence-electron chi connectivity index (χ0n) is 13.2. The van der Waals surface area contributed by atoms with Gasteiger partial charge in [-0.15, -0.1) is 0 Å². The van der Waals surface area contributed by atoms with Gasteiger partial charge in [-0.05, 0) is 19.1 Å². The predicted molar refractivity (Wildman–Crippen MR) is 84.7 cm³/mol. The van der Waals surface area contributed by atoms with Crippen LogP contribution in [-0.4, -0.2) is 68.1 Å². The molecule has 22 heavy (non-hydrogen) atoms. The highest BCUT2D eigenvalue weighted by Gasteiger charge is 2.18. The van der Waals surface area contributed by atoms with Crippen molar-refractivity contribution in [2.24, 2.45) is 0 Å². The number of amides is 2. The molecule has 120 valence electrons. The number of carbonyl (C=O) groups excluding carboxylic acids is 2. The Morgan fingerprint density at radius 3 is 2.50 bits per heavy atom. The van der Waals surface area contributed by atoms with Crippen molar-refractivity contribution in [3.05, 3.63) is 29.8 Å². The number of hydrogen-bond donors (Lipinski definition) is 1. The number of nitrogens with zero attached hydrogens (tertiary/aromatic N) is 2. The van der Waals surface area contributed by atoms with Gasteiger partial charge in [0.15, 0.2) is 0 Å². The van der Waals surface area contributed by atoms with Crippen LogP contribution in [0.2, 0.25) is 0 Å². The van der Waals surface area contributed by atoms with E-state index in [-0.39, 0.29) is 18.4 Å². The summed E-state index contributed by atoms with van der Waals surface area (Å²) >= 11 is 0. The Labute approximate surface area is 131 Å². The van der Waals surface area contributed by atoms with Crippen molar-refractivity contribution in [3.8, 4) is 0 Å². The molecular formula is C16H23N3O3. The second kappa shape index (κ2) is 7.91. The number of benzene rings is 1. The standard InChI is InChI=1S/C16H23N3O3/c1-13-3-5-14(6-4-13)17-15(20)11-18(2)16(21)12-19-7-9-22-10-8-19/h3-6H,7-12H2,1-2H3,(H,17,20). The highest BCUT2D eigenvalue weighted by Crippen LogP contribution is 2.08. The lowest BCUT2D eigenvalue weighted by Crippen LogP contribution is -2.45. The van der Waals surface area contributed by atoms with Crippen molar-refractivity contribution >= 4 is 17.5 Å². The topological polar surface area (TPSA) is 61.9 Å². The lowest BCUT2D eigenvalue weighted by molar-refractivity contribution is -0.135. The smallest absolute Gasteiger partial charge is 0.243 e. The molecule has 0 spiro atoms. The number of likely N-dealkylation sites (N-methyl/N-ethyl adjacent to an activating group) is 1. The van der Waals surface area contributed by atoms with E-state index in [4.69, 9.17) is 4.74 Å². The van der Waals surface area contributed by atoms with E-state index in [1.807, 2.05) is 36.1 Å². The van der Waals surface area contributed by atoms with Crippen LogP contribution in [0.25, 0.3) is 0 Å². The molecular weight excluding hydrogens is 282 g/mol. The van der Waals surface area contributed by atoms with Gasteiger partial charge in [-0.3, -0.25) is 14.5 Å². The van der Waals surface area contributed by atoms with Crippen molar-refractivity contribution in [3.63, 3.8) is 0 Å². The molecule has 6 nitrogen and oxygen atoms in total. The van der Waals surface area contributed by atoms with Crippen LogP contribution in [0, 0.1) is 6.92 Å². The number of ether oxygens (including phenoxy) is 1.